The van der Waals surface area contributed by atoms with Gasteiger partial charge in [0.05, 0.1) is 0 Å². The van der Waals surface area contributed by atoms with Gasteiger partial charge in [-0.25, -0.2) is 4.79 Å². The van der Waals surface area contributed by atoms with Gasteiger partial charge in [0, 0.05) is 5.56 Å². The predicted octanol–water partition coefficient (Wildman–Crippen LogP) is 4.51. The molecule has 1 N–H and O–H groups in total. The van der Waals surface area contributed by atoms with Crippen LogP contribution < -0.4 is 0 Å². The Morgan fingerprint density at radius 3 is 2.55 bits per heavy atom. The zero-order chi connectivity index (χ0) is 20.6. The van der Waals surface area contributed by atoms with Crippen LogP contribution in [-0.2, 0) is 33.7 Å². The van der Waals surface area contributed by atoms with Gasteiger partial charge in [0.2, 0.25) is 0 Å². The molecule has 3 rings (SSSR count). The Morgan fingerprint density at radius 1 is 1.14 bits per heavy atom. The van der Waals surface area contributed by atoms with Crippen LogP contribution in [0.1, 0.15) is 61.1 Å². The Morgan fingerprint density at radius 2 is 1.86 bits per heavy atom. The zero-order valence-corrected chi connectivity index (χ0v) is 17.8. The lowest BCUT2D eigenvalue weighted by Crippen LogP contribution is -2.23. The third-order valence-electron chi connectivity index (χ3n) is 5.64. The normalized spacial score (nSPS) is 16.9. The number of carbonyl (C=O) groups excluding carboxylic acids is 1. The molecule has 2 aromatic rings. The van der Waals surface area contributed by atoms with Crippen molar-refractivity contribution < 1.29 is 19.2 Å². The smallest absolute Gasteiger partial charge is 0.335 e. The first-order valence-electron chi connectivity index (χ1n) is 10.4. The van der Waals surface area contributed by atoms with Crippen LogP contribution in [0.15, 0.2) is 53.4 Å². The van der Waals surface area contributed by atoms with Crippen molar-refractivity contribution in [2.24, 2.45) is 0 Å². The fourth-order valence-corrected chi connectivity index (χ4v) is 4.86. The van der Waals surface area contributed by atoms with E-state index in [0.29, 0.717) is 12.3 Å². The van der Waals surface area contributed by atoms with Gasteiger partial charge in [0.15, 0.2) is 11.0 Å². The lowest BCUT2D eigenvalue weighted by atomic mass is 9.83. The molecular formula is C24H30O4S. The Kier molecular flexibility index (Phi) is 8.16. The van der Waals surface area contributed by atoms with Crippen molar-refractivity contribution in [2.75, 3.05) is 6.26 Å². The van der Waals surface area contributed by atoms with Crippen molar-refractivity contribution in [3.8, 4) is 0 Å². The summed E-state index contributed by atoms with van der Waals surface area (Å²) in [7, 11) is 0. The maximum Gasteiger partial charge on any atom is 0.335 e. The molecule has 2 unspecified atom stereocenters. The molecular weight excluding hydrogens is 384 g/mol. The zero-order valence-electron chi connectivity index (χ0n) is 17.0. The van der Waals surface area contributed by atoms with Crippen LogP contribution in [0.3, 0.4) is 0 Å². The first-order chi connectivity index (χ1) is 14.0. The Balaban J connectivity index is 1.56. The van der Waals surface area contributed by atoms with Gasteiger partial charge < -0.3 is 14.4 Å². The molecule has 1 saturated carbocycles. The molecule has 29 heavy (non-hydrogen) atoms. The Bertz CT molecular complexity index is 785. The molecule has 1 fully saturated rings. The molecule has 5 heteroatoms. The monoisotopic (exact) mass is 414 g/mol. The number of benzene rings is 2. The van der Waals surface area contributed by atoms with Crippen molar-refractivity contribution in [3.05, 3.63) is 65.2 Å². The van der Waals surface area contributed by atoms with Crippen LogP contribution in [0.4, 0.5) is 0 Å². The van der Waals surface area contributed by atoms with Crippen molar-refractivity contribution in [3.63, 3.8) is 0 Å². The summed E-state index contributed by atoms with van der Waals surface area (Å²) in [5.74, 6) is -0.109. The fraction of sp³-hybridized carbons (Fsp3) is 0.458. The van der Waals surface area contributed by atoms with E-state index < -0.39 is 23.2 Å². The molecule has 2 atom stereocenters. The lowest BCUT2D eigenvalue weighted by molar-refractivity contribution is -0.155. The van der Waals surface area contributed by atoms with Gasteiger partial charge in [-0.1, -0.05) is 61.7 Å². The molecule has 156 valence electrons. The molecule has 0 bridgehead atoms. The summed E-state index contributed by atoms with van der Waals surface area (Å²) in [6, 6.07) is 15.5. The van der Waals surface area contributed by atoms with E-state index in [-0.39, 0.29) is 13.0 Å². The molecule has 2 aromatic carbocycles. The highest BCUT2D eigenvalue weighted by atomic mass is 32.2. The second-order valence-corrected chi connectivity index (χ2v) is 9.16. The molecule has 0 heterocycles. The number of esters is 1. The molecule has 1 aliphatic carbocycles. The van der Waals surface area contributed by atoms with Crippen LogP contribution in [0.25, 0.3) is 0 Å². The molecule has 1 aliphatic rings. The van der Waals surface area contributed by atoms with Crippen LogP contribution in [0, 0.1) is 0 Å². The van der Waals surface area contributed by atoms with Gasteiger partial charge >= 0.3 is 5.97 Å². The average molecular weight is 415 g/mol. The quantitative estimate of drug-likeness (QED) is 0.510. The summed E-state index contributed by atoms with van der Waals surface area (Å²) >= 11 is -1.05. The molecule has 0 aliphatic heterocycles. The molecule has 0 amide bonds. The number of aryl methyl sites for hydroxylation is 1. The summed E-state index contributed by atoms with van der Waals surface area (Å²) < 4.78 is 17.5. The maximum atomic E-state index is 12.3. The standard InChI is InChI=1S/C24H30O4S/c1-29(27)23-16-18(12-14-21(23)20-10-6-3-7-11-20)13-15-22(25)24(26)28-17-19-8-4-2-5-9-19/h2,4-5,8-9,12,14,16,20,22,25H,3,6-7,10-11,13,15,17H2,1H3. The summed E-state index contributed by atoms with van der Waals surface area (Å²) in [6.07, 6.45) is 7.47. The number of carbonyl (C=O) groups is 1. The minimum atomic E-state index is -1.16. The van der Waals surface area contributed by atoms with Crippen LogP contribution in [0.5, 0.6) is 0 Å². The highest BCUT2D eigenvalue weighted by Gasteiger charge is 2.23. The average Bonchev–Trinajstić information content (AvgIpc) is 2.76. The summed E-state index contributed by atoms with van der Waals surface area (Å²) in [6.45, 7) is 0.159. The highest BCUT2D eigenvalue weighted by molar-refractivity contribution is 7.90. The van der Waals surface area contributed by atoms with Gasteiger partial charge in [-0.2, -0.15) is 0 Å². The van der Waals surface area contributed by atoms with E-state index in [1.165, 1.54) is 24.8 Å². The molecule has 0 radical (unpaired) electrons. The number of ether oxygens (including phenoxy) is 1. The van der Waals surface area contributed by atoms with E-state index in [0.717, 1.165) is 28.9 Å². The summed E-state index contributed by atoms with van der Waals surface area (Å²) in [5.41, 5.74) is 3.09. The van der Waals surface area contributed by atoms with Crippen molar-refractivity contribution >= 4 is 17.1 Å². The fourth-order valence-electron chi connectivity index (χ4n) is 3.98. The number of rotatable bonds is 8. The van der Waals surface area contributed by atoms with E-state index in [4.69, 9.17) is 4.74 Å². The van der Waals surface area contributed by atoms with Crippen LogP contribution in [-0.4, -0.2) is 28.0 Å². The lowest BCUT2D eigenvalue weighted by Gasteiger charge is -2.24. The first-order valence-corrected chi connectivity index (χ1v) is 12.0. The number of aliphatic hydroxyl groups is 1. The molecule has 0 spiro atoms. The van der Waals surface area contributed by atoms with Crippen molar-refractivity contribution in [1.29, 1.82) is 0 Å². The number of aliphatic hydroxyl groups excluding tert-OH is 1. The van der Waals surface area contributed by atoms with Crippen molar-refractivity contribution in [1.82, 2.24) is 0 Å². The van der Waals surface area contributed by atoms with Gasteiger partial charge in [0.25, 0.3) is 0 Å². The SMILES string of the molecule is C[S+]([O-])c1cc(CCC(O)C(=O)OCc2ccccc2)ccc1C1CCCCC1. The topological polar surface area (TPSA) is 69.6 Å². The highest BCUT2D eigenvalue weighted by Crippen LogP contribution is 2.36. The number of hydrogen-bond donors (Lipinski definition) is 1. The molecule has 4 nitrogen and oxygen atoms in total. The first kappa shape index (κ1) is 21.9. The van der Waals surface area contributed by atoms with E-state index >= 15 is 0 Å². The van der Waals surface area contributed by atoms with Crippen LogP contribution in [0.2, 0.25) is 0 Å². The molecule has 0 saturated heterocycles. The van der Waals surface area contributed by atoms with E-state index in [1.54, 1.807) is 6.26 Å². The third-order valence-corrected chi connectivity index (χ3v) is 6.61. The minimum absolute atomic E-state index is 0.159. The second kappa shape index (κ2) is 10.8. The maximum absolute atomic E-state index is 12.3. The Labute approximate surface area is 176 Å². The number of hydrogen-bond acceptors (Lipinski definition) is 4. The van der Waals surface area contributed by atoms with Crippen LogP contribution >= 0.6 is 0 Å². The minimum Gasteiger partial charge on any atom is -0.612 e. The second-order valence-electron chi connectivity index (χ2n) is 7.81. The molecule has 0 aromatic heterocycles. The van der Waals surface area contributed by atoms with E-state index in [1.807, 2.05) is 42.5 Å². The van der Waals surface area contributed by atoms with Crippen molar-refractivity contribution in [2.45, 2.75) is 68.5 Å². The predicted molar refractivity (Wildman–Crippen MR) is 115 cm³/mol. The van der Waals surface area contributed by atoms with Gasteiger partial charge in [0.1, 0.15) is 12.9 Å². The van der Waals surface area contributed by atoms with E-state index in [2.05, 4.69) is 6.07 Å². The van der Waals surface area contributed by atoms with Gasteiger partial charge in [-0.15, -0.1) is 0 Å². The summed E-state index contributed by atoms with van der Waals surface area (Å²) in [4.78, 5) is 13.0. The van der Waals surface area contributed by atoms with Gasteiger partial charge in [-0.05, 0) is 60.0 Å². The van der Waals surface area contributed by atoms with E-state index in [9.17, 15) is 14.5 Å². The Hall–Kier alpha value is -1.82. The van der Waals surface area contributed by atoms with Gasteiger partial charge in [-0.3, -0.25) is 0 Å². The summed E-state index contributed by atoms with van der Waals surface area (Å²) in [5, 5.41) is 10.2. The third kappa shape index (κ3) is 6.33. The largest absolute Gasteiger partial charge is 0.612 e.